The lowest BCUT2D eigenvalue weighted by molar-refractivity contribution is 0.102. The Kier molecular flexibility index (Phi) is 5.09. The summed E-state index contributed by atoms with van der Waals surface area (Å²) in [5, 5.41) is 3.73. The number of aryl methyl sites for hydroxylation is 3. The van der Waals surface area contributed by atoms with Crippen LogP contribution in [-0.4, -0.2) is 5.91 Å². The van der Waals surface area contributed by atoms with E-state index in [9.17, 15) is 4.79 Å². The highest BCUT2D eigenvalue weighted by Crippen LogP contribution is 2.30. The van der Waals surface area contributed by atoms with Crippen molar-refractivity contribution in [2.45, 2.75) is 27.4 Å². The van der Waals surface area contributed by atoms with Crippen molar-refractivity contribution in [3.63, 3.8) is 0 Å². The summed E-state index contributed by atoms with van der Waals surface area (Å²) in [5.74, 6) is 1.09. The van der Waals surface area contributed by atoms with Crippen molar-refractivity contribution < 1.29 is 13.9 Å². The van der Waals surface area contributed by atoms with Crippen molar-refractivity contribution in [2.24, 2.45) is 0 Å². The van der Waals surface area contributed by atoms with Gasteiger partial charge in [0.05, 0.1) is 5.56 Å². The monoisotopic (exact) mass is 385 g/mol. The van der Waals surface area contributed by atoms with Gasteiger partial charge in [0, 0.05) is 11.1 Å². The maximum absolute atomic E-state index is 13.0. The standard InChI is InChI=1S/C25H23NO3/c1-16-9-10-20(13-17(16)2)26-25(27)24-18(3)29-23-12-11-21(14-22(23)24)28-15-19-7-5-4-6-8-19/h4-14H,15H2,1-3H3,(H,26,27). The molecule has 0 unspecified atom stereocenters. The number of ether oxygens (including phenoxy) is 1. The summed E-state index contributed by atoms with van der Waals surface area (Å²) in [6.07, 6.45) is 0. The Hall–Kier alpha value is -3.53. The topological polar surface area (TPSA) is 51.5 Å². The zero-order chi connectivity index (χ0) is 20.4. The summed E-state index contributed by atoms with van der Waals surface area (Å²) in [7, 11) is 0. The molecule has 4 rings (SSSR count). The Morgan fingerprint density at radius 1 is 0.931 bits per heavy atom. The average Bonchev–Trinajstić information content (AvgIpc) is 3.05. The number of carbonyl (C=O) groups excluding carboxylic acids is 1. The molecule has 1 aromatic heterocycles. The molecule has 4 nitrogen and oxygen atoms in total. The minimum atomic E-state index is -0.190. The minimum absolute atomic E-state index is 0.190. The van der Waals surface area contributed by atoms with Gasteiger partial charge in [-0.1, -0.05) is 36.4 Å². The van der Waals surface area contributed by atoms with Gasteiger partial charge in [-0.3, -0.25) is 4.79 Å². The van der Waals surface area contributed by atoms with Gasteiger partial charge >= 0.3 is 0 Å². The third-order valence-corrected chi connectivity index (χ3v) is 5.08. The van der Waals surface area contributed by atoms with E-state index in [0.29, 0.717) is 29.3 Å². The maximum Gasteiger partial charge on any atom is 0.259 e. The lowest BCUT2D eigenvalue weighted by Gasteiger charge is -2.08. The van der Waals surface area contributed by atoms with Gasteiger partial charge in [-0.05, 0) is 67.8 Å². The molecule has 0 atom stereocenters. The van der Waals surface area contributed by atoms with Crippen LogP contribution in [0.5, 0.6) is 5.75 Å². The Labute approximate surface area is 170 Å². The molecule has 0 saturated carbocycles. The number of amides is 1. The van der Waals surface area contributed by atoms with Crippen molar-refractivity contribution in [1.29, 1.82) is 0 Å². The molecule has 29 heavy (non-hydrogen) atoms. The van der Waals surface area contributed by atoms with Gasteiger partial charge in [-0.25, -0.2) is 0 Å². The lowest BCUT2D eigenvalue weighted by Crippen LogP contribution is -2.12. The molecule has 0 bridgehead atoms. The van der Waals surface area contributed by atoms with Crippen LogP contribution >= 0.6 is 0 Å². The van der Waals surface area contributed by atoms with Crippen LogP contribution in [0.2, 0.25) is 0 Å². The van der Waals surface area contributed by atoms with E-state index in [1.165, 1.54) is 5.56 Å². The van der Waals surface area contributed by atoms with E-state index in [1.54, 1.807) is 6.92 Å². The SMILES string of the molecule is Cc1ccc(NC(=O)c2c(C)oc3ccc(OCc4ccccc4)cc23)cc1C. The van der Waals surface area contributed by atoms with Crippen molar-refractivity contribution >= 4 is 22.6 Å². The van der Waals surface area contributed by atoms with Crippen LogP contribution < -0.4 is 10.1 Å². The summed E-state index contributed by atoms with van der Waals surface area (Å²) >= 11 is 0. The van der Waals surface area contributed by atoms with Gasteiger partial charge in [0.25, 0.3) is 5.91 Å². The number of fused-ring (bicyclic) bond motifs is 1. The number of furan rings is 1. The van der Waals surface area contributed by atoms with Gasteiger partial charge in [0.2, 0.25) is 0 Å². The molecule has 4 aromatic rings. The molecule has 0 radical (unpaired) electrons. The lowest BCUT2D eigenvalue weighted by atomic mass is 10.1. The van der Waals surface area contributed by atoms with Crippen LogP contribution in [0.3, 0.4) is 0 Å². The average molecular weight is 385 g/mol. The molecule has 0 spiro atoms. The number of carbonyl (C=O) groups is 1. The van der Waals surface area contributed by atoms with Crippen molar-refractivity contribution in [1.82, 2.24) is 0 Å². The summed E-state index contributed by atoms with van der Waals surface area (Å²) in [4.78, 5) is 13.0. The van der Waals surface area contributed by atoms with E-state index in [0.717, 1.165) is 22.2 Å². The second-order valence-corrected chi connectivity index (χ2v) is 7.22. The summed E-state index contributed by atoms with van der Waals surface area (Å²) in [6, 6.07) is 21.4. The van der Waals surface area contributed by atoms with Gasteiger partial charge in [0.1, 0.15) is 23.7 Å². The quantitative estimate of drug-likeness (QED) is 0.446. The Morgan fingerprint density at radius 3 is 2.48 bits per heavy atom. The highest BCUT2D eigenvalue weighted by atomic mass is 16.5. The number of nitrogens with one attached hydrogen (secondary N) is 1. The Balaban J connectivity index is 1.60. The number of hydrogen-bond donors (Lipinski definition) is 1. The van der Waals surface area contributed by atoms with E-state index in [1.807, 2.05) is 80.6 Å². The molecule has 4 heteroatoms. The smallest absolute Gasteiger partial charge is 0.259 e. The molecule has 0 aliphatic carbocycles. The molecule has 3 aromatic carbocycles. The highest BCUT2D eigenvalue weighted by molar-refractivity contribution is 6.13. The van der Waals surface area contributed by atoms with Crippen molar-refractivity contribution in [3.05, 3.63) is 94.7 Å². The molecular weight excluding hydrogens is 362 g/mol. The van der Waals surface area contributed by atoms with Gasteiger partial charge < -0.3 is 14.5 Å². The Morgan fingerprint density at radius 2 is 1.72 bits per heavy atom. The first-order valence-electron chi connectivity index (χ1n) is 9.60. The minimum Gasteiger partial charge on any atom is -0.489 e. The van der Waals surface area contributed by atoms with Crippen LogP contribution in [0.4, 0.5) is 5.69 Å². The van der Waals surface area contributed by atoms with Crippen LogP contribution in [0.15, 0.2) is 71.1 Å². The van der Waals surface area contributed by atoms with E-state index >= 15 is 0 Å². The highest BCUT2D eigenvalue weighted by Gasteiger charge is 2.19. The fourth-order valence-electron chi connectivity index (χ4n) is 3.32. The molecule has 0 fully saturated rings. The Bertz CT molecular complexity index is 1180. The number of anilines is 1. The normalized spacial score (nSPS) is 10.9. The summed E-state index contributed by atoms with van der Waals surface area (Å²) in [5.41, 5.74) is 5.37. The van der Waals surface area contributed by atoms with Crippen LogP contribution in [-0.2, 0) is 6.61 Å². The van der Waals surface area contributed by atoms with Gasteiger partial charge in [-0.2, -0.15) is 0 Å². The first kappa shape index (κ1) is 18.8. The fraction of sp³-hybridized carbons (Fsp3) is 0.160. The third kappa shape index (κ3) is 4.02. The second kappa shape index (κ2) is 7.84. The van der Waals surface area contributed by atoms with Gasteiger partial charge in [-0.15, -0.1) is 0 Å². The van der Waals surface area contributed by atoms with E-state index in [-0.39, 0.29) is 5.91 Å². The molecule has 1 heterocycles. The van der Waals surface area contributed by atoms with Gasteiger partial charge in [0.15, 0.2) is 0 Å². The summed E-state index contributed by atoms with van der Waals surface area (Å²) < 4.78 is 11.7. The third-order valence-electron chi connectivity index (χ3n) is 5.08. The van der Waals surface area contributed by atoms with Crippen molar-refractivity contribution in [3.8, 4) is 5.75 Å². The number of benzene rings is 3. The van der Waals surface area contributed by atoms with E-state index in [2.05, 4.69) is 5.32 Å². The van der Waals surface area contributed by atoms with E-state index < -0.39 is 0 Å². The van der Waals surface area contributed by atoms with Crippen LogP contribution in [0.25, 0.3) is 11.0 Å². The second-order valence-electron chi connectivity index (χ2n) is 7.22. The molecule has 1 amide bonds. The predicted molar refractivity (Wildman–Crippen MR) is 116 cm³/mol. The molecule has 146 valence electrons. The summed E-state index contributed by atoms with van der Waals surface area (Å²) in [6.45, 7) is 6.35. The molecule has 1 N–H and O–H groups in total. The van der Waals surface area contributed by atoms with Crippen LogP contribution in [0, 0.1) is 20.8 Å². The predicted octanol–water partition coefficient (Wildman–Crippen LogP) is 6.19. The zero-order valence-corrected chi connectivity index (χ0v) is 16.8. The zero-order valence-electron chi connectivity index (χ0n) is 16.8. The molecule has 0 aliphatic rings. The van der Waals surface area contributed by atoms with E-state index in [4.69, 9.17) is 9.15 Å². The molecular formula is C25H23NO3. The first-order valence-corrected chi connectivity index (χ1v) is 9.60. The number of hydrogen-bond acceptors (Lipinski definition) is 3. The number of rotatable bonds is 5. The fourth-order valence-corrected chi connectivity index (χ4v) is 3.32. The van der Waals surface area contributed by atoms with Crippen LogP contribution in [0.1, 0.15) is 32.8 Å². The molecule has 0 aliphatic heterocycles. The maximum atomic E-state index is 13.0. The first-order chi connectivity index (χ1) is 14.0. The molecule has 0 saturated heterocycles. The van der Waals surface area contributed by atoms with Crippen molar-refractivity contribution in [2.75, 3.05) is 5.32 Å². The largest absolute Gasteiger partial charge is 0.489 e.